The Morgan fingerprint density at radius 2 is 1.93 bits per heavy atom. The molecule has 0 unspecified atom stereocenters. The number of likely N-dealkylation sites (N-methyl/N-ethyl adjacent to an activating group) is 1. The van der Waals surface area contributed by atoms with Gasteiger partial charge >= 0.3 is 0 Å². The number of benzene rings is 2. The molecule has 0 heterocycles. The summed E-state index contributed by atoms with van der Waals surface area (Å²) < 4.78 is 19.1. The van der Waals surface area contributed by atoms with E-state index in [-0.39, 0.29) is 37.3 Å². The third-order valence-corrected chi connectivity index (χ3v) is 4.51. The lowest BCUT2D eigenvalue weighted by Crippen LogP contribution is -2.42. The Hall–Kier alpha value is -2.12. The summed E-state index contributed by atoms with van der Waals surface area (Å²) in [4.78, 5) is 25.8. The first-order valence-corrected chi connectivity index (χ1v) is 9.43. The molecule has 1 N–H and O–H groups in total. The van der Waals surface area contributed by atoms with E-state index in [1.165, 1.54) is 17.0 Å². The van der Waals surface area contributed by atoms with Gasteiger partial charge in [-0.1, -0.05) is 39.7 Å². The molecule has 2 rings (SSSR count). The number of nitrogens with zero attached hydrogens (tertiary/aromatic N) is 1. The smallest absolute Gasteiger partial charge is 0.260 e. The molecular formula is C19H19BrClFN2O3. The Morgan fingerprint density at radius 3 is 2.56 bits per heavy atom. The molecule has 8 heteroatoms. The normalized spacial score (nSPS) is 10.4. The van der Waals surface area contributed by atoms with Crippen LogP contribution in [0.25, 0.3) is 0 Å². The van der Waals surface area contributed by atoms with E-state index in [1.807, 2.05) is 0 Å². The summed E-state index contributed by atoms with van der Waals surface area (Å²) in [5.41, 5.74) is 0.771. The maximum absolute atomic E-state index is 12.9. The molecule has 0 atom stereocenters. The highest BCUT2D eigenvalue weighted by molar-refractivity contribution is 9.10. The number of halogens is 3. The lowest BCUT2D eigenvalue weighted by molar-refractivity contribution is -0.137. The largest absolute Gasteiger partial charge is 0.482 e. The second kappa shape index (κ2) is 10.3. The predicted molar refractivity (Wildman–Crippen MR) is 105 cm³/mol. The van der Waals surface area contributed by atoms with Crippen LogP contribution in [0.5, 0.6) is 5.75 Å². The fraction of sp³-hybridized carbons (Fsp3) is 0.263. The van der Waals surface area contributed by atoms with Gasteiger partial charge in [0.25, 0.3) is 5.91 Å². The average Bonchev–Trinajstić information content (AvgIpc) is 2.64. The first-order chi connectivity index (χ1) is 12.9. The van der Waals surface area contributed by atoms with Gasteiger partial charge in [0.15, 0.2) is 6.61 Å². The van der Waals surface area contributed by atoms with Crippen molar-refractivity contribution in [1.82, 2.24) is 10.2 Å². The number of rotatable bonds is 8. The van der Waals surface area contributed by atoms with Crippen LogP contribution in [-0.4, -0.2) is 36.4 Å². The van der Waals surface area contributed by atoms with Gasteiger partial charge in [-0.3, -0.25) is 9.59 Å². The minimum Gasteiger partial charge on any atom is -0.482 e. The zero-order valence-electron chi connectivity index (χ0n) is 14.7. The van der Waals surface area contributed by atoms with Crippen molar-refractivity contribution < 1.29 is 18.7 Å². The van der Waals surface area contributed by atoms with Crippen LogP contribution in [0.4, 0.5) is 4.39 Å². The molecule has 0 aliphatic heterocycles. The van der Waals surface area contributed by atoms with Crippen LogP contribution in [0.2, 0.25) is 5.02 Å². The molecule has 2 aromatic rings. The van der Waals surface area contributed by atoms with Crippen LogP contribution in [0.3, 0.4) is 0 Å². The van der Waals surface area contributed by atoms with Crippen molar-refractivity contribution in [3.8, 4) is 5.75 Å². The number of nitrogens with one attached hydrogen (secondary N) is 1. The molecule has 0 aliphatic rings. The lowest BCUT2D eigenvalue weighted by atomic mass is 10.2. The minimum atomic E-state index is -0.335. The monoisotopic (exact) mass is 456 g/mol. The Labute approximate surface area is 170 Å². The molecule has 2 amide bonds. The van der Waals surface area contributed by atoms with E-state index in [9.17, 15) is 14.0 Å². The summed E-state index contributed by atoms with van der Waals surface area (Å²) in [6.45, 7) is 2.09. The number of amides is 2. The van der Waals surface area contributed by atoms with Gasteiger partial charge in [0.1, 0.15) is 11.6 Å². The van der Waals surface area contributed by atoms with Gasteiger partial charge in [0, 0.05) is 17.6 Å². The molecule has 0 bridgehead atoms. The number of hydrogen-bond acceptors (Lipinski definition) is 3. The molecule has 144 valence electrons. The van der Waals surface area contributed by atoms with Gasteiger partial charge in [-0.25, -0.2) is 4.39 Å². The SMILES string of the molecule is CCN(CC(=O)NCc1ccc(F)cc1)C(=O)COc1ccc(Br)cc1Cl. The van der Waals surface area contributed by atoms with Crippen molar-refractivity contribution in [3.63, 3.8) is 0 Å². The zero-order valence-corrected chi connectivity index (χ0v) is 17.0. The van der Waals surface area contributed by atoms with E-state index >= 15 is 0 Å². The molecule has 0 radical (unpaired) electrons. The fourth-order valence-electron chi connectivity index (χ4n) is 2.23. The Kier molecular flexibility index (Phi) is 8.06. The van der Waals surface area contributed by atoms with E-state index in [0.717, 1.165) is 10.0 Å². The van der Waals surface area contributed by atoms with Crippen molar-refractivity contribution in [2.24, 2.45) is 0 Å². The van der Waals surface area contributed by atoms with Gasteiger partial charge in [-0.2, -0.15) is 0 Å². The average molecular weight is 458 g/mol. The molecule has 27 heavy (non-hydrogen) atoms. The quantitative estimate of drug-likeness (QED) is 0.656. The van der Waals surface area contributed by atoms with Gasteiger partial charge < -0.3 is 15.0 Å². The van der Waals surface area contributed by atoms with Crippen LogP contribution < -0.4 is 10.1 Å². The van der Waals surface area contributed by atoms with Crippen molar-refractivity contribution in [3.05, 3.63) is 63.3 Å². The van der Waals surface area contributed by atoms with Crippen LogP contribution in [0.1, 0.15) is 12.5 Å². The third-order valence-electron chi connectivity index (χ3n) is 3.72. The summed E-state index contributed by atoms with van der Waals surface area (Å²) in [5, 5.41) is 3.09. The Balaban J connectivity index is 1.82. The van der Waals surface area contributed by atoms with Crippen molar-refractivity contribution in [1.29, 1.82) is 0 Å². The Bertz CT molecular complexity index is 802. The maximum atomic E-state index is 12.9. The fourth-order valence-corrected chi connectivity index (χ4v) is 2.96. The summed E-state index contributed by atoms with van der Waals surface area (Å²) in [7, 11) is 0. The van der Waals surface area contributed by atoms with E-state index in [0.29, 0.717) is 17.3 Å². The molecule has 0 aromatic heterocycles. The van der Waals surface area contributed by atoms with Gasteiger partial charge in [-0.15, -0.1) is 0 Å². The summed E-state index contributed by atoms with van der Waals surface area (Å²) in [6, 6.07) is 10.9. The van der Waals surface area contributed by atoms with Crippen LogP contribution >= 0.6 is 27.5 Å². The van der Waals surface area contributed by atoms with Gasteiger partial charge in [0.2, 0.25) is 5.91 Å². The second-order valence-corrected chi connectivity index (χ2v) is 7.00. The molecule has 0 saturated heterocycles. The number of carbonyl (C=O) groups excluding carboxylic acids is 2. The number of carbonyl (C=O) groups is 2. The van der Waals surface area contributed by atoms with Crippen molar-refractivity contribution >= 4 is 39.3 Å². The molecule has 5 nitrogen and oxygen atoms in total. The van der Waals surface area contributed by atoms with Crippen LogP contribution in [-0.2, 0) is 16.1 Å². The predicted octanol–water partition coefficient (Wildman–Crippen LogP) is 3.79. The minimum absolute atomic E-state index is 0.0893. The highest BCUT2D eigenvalue weighted by atomic mass is 79.9. The molecule has 2 aromatic carbocycles. The number of ether oxygens (including phenoxy) is 1. The van der Waals surface area contributed by atoms with E-state index in [4.69, 9.17) is 16.3 Å². The van der Waals surface area contributed by atoms with Crippen LogP contribution in [0, 0.1) is 5.82 Å². The van der Waals surface area contributed by atoms with Gasteiger partial charge in [0.05, 0.1) is 11.6 Å². The zero-order chi connectivity index (χ0) is 19.8. The number of hydrogen-bond donors (Lipinski definition) is 1. The first-order valence-electron chi connectivity index (χ1n) is 8.25. The molecule has 0 aliphatic carbocycles. The summed E-state index contributed by atoms with van der Waals surface area (Å²) in [5.74, 6) is -0.576. The molecule has 0 spiro atoms. The molecular weight excluding hydrogens is 439 g/mol. The molecule has 0 saturated carbocycles. The van der Waals surface area contributed by atoms with E-state index in [2.05, 4.69) is 21.2 Å². The lowest BCUT2D eigenvalue weighted by Gasteiger charge is -2.20. The van der Waals surface area contributed by atoms with E-state index in [1.54, 1.807) is 37.3 Å². The highest BCUT2D eigenvalue weighted by Gasteiger charge is 2.16. The summed E-state index contributed by atoms with van der Waals surface area (Å²) >= 11 is 9.35. The third kappa shape index (κ3) is 6.84. The van der Waals surface area contributed by atoms with E-state index < -0.39 is 0 Å². The van der Waals surface area contributed by atoms with Crippen molar-refractivity contribution in [2.75, 3.05) is 19.7 Å². The standard InChI is InChI=1S/C19H19BrClFN2O3/c1-2-24(11-18(25)23-10-13-3-6-15(22)7-4-13)19(26)12-27-17-8-5-14(20)9-16(17)21/h3-9H,2,10-12H2,1H3,(H,23,25). The molecule has 0 fully saturated rings. The van der Waals surface area contributed by atoms with Crippen molar-refractivity contribution in [2.45, 2.75) is 13.5 Å². The van der Waals surface area contributed by atoms with Gasteiger partial charge in [-0.05, 0) is 42.8 Å². The van der Waals surface area contributed by atoms with Crippen LogP contribution in [0.15, 0.2) is 46.9 Å². The topological polar surface area (TPSA) is 58.6 Å². The Morgan fingerprint density at radius 1 is 1.22 bits per heavy atom. The first kappa shape index (κ1) is 21.2. The highest BCUT2D eigenvalue weighted by Crippen LogP contribution is 2.27. The maximum Gasteiger partial charge on any atom is 0.260 e. The second-order valence-electron chi connectivity index (χ2n) is 5.67. The summed E-state index contributed by atoms with van der Waals surface area (Å²) in [6.07, 6.45) is 0.